The van der Waals surface area contributed by atoms with Gasteiger partial charge in [0.15, 0.2) is 15.9 Å². The van der Waals surface area contributed by atoms with Gasteiger partial charge in [-0.25, -0.2) is 8.42 Å². The number of ether oxygens (including phenoxy) is 1. The van der Waals surface area contributed by atoms with E-state index in [9.17, 15) is 18.0 Å². The molecule has 2 heterocycles. The number of amides is 2. The molecule has 2 atom stereocenters. The molecule has 0 radical (unpaired) electrons. The third kappa shape index (κ3) is 4.88. The average Bonchev–Trinajstić information content (AvgIpc) is 3.16. The van der Waals surface area contributed by atoms with E-state index in [0.717, 1.165) is 11.3 Å². The summed E-state index contributed by atoms with van der Waals surface area (Å²) in [6.07, 6.45) is -0.307. The van der Waals surface area contributed by atoms with Crippen LogP contribution in [0.4, 0.5) is 5.69 Å². The van der Waals surface area contributed by atoms with Crippen LogP contribution in [0, 0.1) is 0 Å². The SMILES string of the molecule is CNC(=O)[C@H]1CN(CC(=O)N(Cc2ccccc2)[C@@H]2CCS(=O)(=O)C2)c2ccccc2O1. The van der Waals surface area contributed by atoms with E-state index in [1.165, 1.54) is 0 Å². The van der Waals surface area contributed by atoms with Gasteiger partial charge < -0.3 is 19.9 Å². The maximum atomic E-state index is 13.5. The lowest BCUT2D eigenvalue weighted by Gasteiger charge is -2.37. The van der Waals surface area contributed by atoms with Crippen molar-refractivity contribution in [2.75, 3.05) is 36.5 Å². The van der Waals surface area contributed by atoms with E-state index in [2.05, 4.69) is 5.32 Å². The Morgan fingerprint density at radius 3 is 2.53 bits per heavy atom. The van der Waals surface area contributed by atoms with Crippen LogP contribution in [0.25, 0.3) is 0 Å². The highest BCUT2D eigenvalue weighted by Gasteiger charge is 2.37. The molecule has 1 N–H and O–H groups in total. The predicted molar refractivity (Wildman–Crippen MR) is 121 cm³/mol. The predicted octanol–water partition coefficient (Wildman–Crippen LogP) is 1.22. The summed E-state index contributed by atoms with van der Waals surface area (Å²) >= 11 is 0. The second kappa shape index (κ2) is 9.20. The molecule has 8 nitrogen and oxygen atoms in total. The van der Waals surface area contributed by atoms with Crippen molar-refractivity contribution in [3.8, 4) is 5.75 Å². The summed E-state index contributed by atoms with van der Waals surface area (Å²) in [6.45, 7) is 0.590. The number of carbonyl (C=O) groups is 2. The Kier molecular flexibility index (Phi) is 6.36. The Bertz CT molecular complexity index is 1090. The van der Waals surface area contributed by atoms with Gasteiger partial charge in [0.05, 0.1) is 30.3 Å². The number of benzene rings is 2. The van der Waals surface area contributed by atoms with Gasteiger partial charge in [0.25, 0.3) is 5.91 Å². The van der Waals surface area contributed by atoms with E-state index in [0.29, 0.717) is 18.7 Å². The lowest BCUT2D eigenvalue weighted by molar-refractivity contribution is -0.133. The summed E-state index contributed by atoms with van der Waals surface area (Å²) in [5.41, 5.74) is 1.68. The molecule has 2 aromatic carbocycles. The normalized spacial score (nSPS) is 21.3. The van der Waals surface area contributed by atoms with Crippen LogP contribution < -0.4 is 15.0 Å². The van der Waals surface area contributed by atoms with Gasteiger partial charge in [0, 0.05) is 19.6 Å². The number of sulfone groups is 1. The molecule has 2 aliphatic rings. The summed E-state index contributed by atoms with van der Waals surface area (Å²) < 4.78 is 30.1. The molecule has 170 valence electrons. The van der Waals surface area contributed by atoms with Crippen LogP contribution in [-0.2, 0) is 26.0 Å². The van der Waals surface area contributed by atoms with Gasteiger partial charge in [-0.15, -0.1) is 0 Å². The summed E-state index contributed by atoms with van der Waals surface area (Å²) in [5.74, 6) is 0.170. The Hall–Kier alpha value is -3.07. The van der Waals surface area contributed by atoms with Crippen LogP contribution in [0.2, 0.25) is 0 Å². The highest BCUT2D eigenvalue weighted by atomic mass is 32.2. The van der Waals surface area contributed by atoms with Gasteiger partial charge in [-0.1, -0.05) is 42.5 Å². The van der Waals surface area contributed by atoms with Crippen LogP contribution in [0.15, 0.2) is 54.6 Å². The zero-order chi connectivity index (χ0) is 22.7. The van der Waals surface area contributed by atoms with E-state index in [1.807, 2.05) is 53.4 Å². The maximum Gasteiger partial charge on any atom is 0.262 e. The van der Waals surface area contributed by atoms with Gasteiger partial charge in [-0.3, -0.25) is 9.59 Å². The molecule has 9 heteroatoms. The number of fused-ring (bicyclic) bond motifs is 1. The topological polar surface area (TPSA) is 96.0 Å². The molecule has 0 spiro atoms. The Morgan fingerprint density at radius 1 is 1.12 bits per heavy atom. The summed E-state index contributed by atoms with van der Waals surface area (Å²) in [4.78, 5) is 29.3. The third-order valence-corrected chi connectivity index (χ3v) is 7.64. The third-order valence-electron chi connectivity index (χ3n) is 5.89. The molecule has 2 aromatic rings. The lowest BCUT2D eigenvalue weighted by Crippen LogP contribution is -2.52. The van der Waals surface area contributed by atoms with E-state index >= 15 is 0 Å². The fourth-order valence-corrected chi connectivity index (χ4v) is 5.96. The number of para-hydroxylation sites is 2. The van der Waals surface area contributed by atoms with Crippen molar-refractivity contribution in [1.82, 2.24) is 10.2 Å². The van der Waals surface area contributed by atoms with E-state index in [4.69, 9.17) is 4.74 Å². The van der Waals surface area contributed by atoms with E-state index < -0.39 is 15.9 Å². The largest absolute Gasteiger partial charge is 0.477 e. The van der Waals surface area contributed by atoms with Crippen LogP contribution in [0.5, 0.6) is 5.75 Å². The first kappa shape index (κ1) is 22.1. The maximum absolute atomic E-state index is 13.5. The van der Waals surface area contributed by atoms with Crippen LogP contribution in [0.3, 0.4) is 0 Å². The monoisotopic (exact) mass is 457 g/mol. The Labute approximate surface area is 188 Å². The van der Waals surface area contributed by atoms with Crippen molar-refractivity contribution in [2.45, 2.75) is 25.1 Å². The molecule has 4 rings (SSSR count). The number of hydrogen-bond donors (Lipinski definition) is 1. The number of nitrogens with one attached hydrogen (secondary N) is 1. The molecule has 32 heavy (non-hydrogen) atoms. The fraction of sp³-hybridized carbons (Fsp3) is 0.391. The molecule has 0 bridgehead atoms. The zero-order valence-electron chi connectivity index (χ0n) is 17.9. The first-order valence-electron chi connectivity index (χ1n) is 10.6. The summed E-state index contributed by atoms with van der Waals surface area (Å²) in [7, 11) is -1.61. The van der Waals surface area contributed by atoms with E-state index in [1.54, 1.807) is 18.0 Å². The highest BCUT2D eigenvalue weighted by Crippen LogP contribution is 2.33. The standard InChI is InChI=1S/C23H27N3O5S/c1-24-23(28)21-14-25(19-9-5-6-10-20(19)31-21)15-22(27)26(13-17-7-3-2-4-8-17)18-11-12-32(29,30)16-18/h2-10,18,21H,11-16H2,1H3,(H,24,28)/t18-,21-/m1/s1. The molecule has 0 aromatic heterocycles. The number of rotatable bonds is 6. The molecule has 0 unspecified atom stereocenters. The number of nitrogens with zero attached hydrogens (tertiary/aromatic N) is 2. The molecule has 0 aliphatic carbocycles. The first-order valence-corrected chi connectivity index (χ1v) is 12.4. The summed E-state index contributed by atoms with van der Waals surface area (Å²) in [5, 5.41) is 2.60. The quantitative estimate of drug-likeness (QED) is 0.701. The minimum atomic E-state index is -3.15. The molecular weight excluding hydrogens is 430 g/mol. The lowest BCUT2D eigenvalue weighted by atomic mass is 10.1. The van der Waals surface area contributed by atoms with Gasteiger partial charge in [-0.2, -0.15) is 0 Å². The van der Waals surface area contributed by atoms with Gasteiger partial charge in [0.1, 0.15) is 5.75 Å². The van der Waals surface area contributed by atoms with Crippen LogP contribution >= 0.6 is 0 Å². The number of anilines is 1. The van der Waals surface area contributed by atoms with Crippen molar-refractivity contribution in [2.24, 2.45) is 0 Å². The minimum Gasteiger partial charge on any atom is -0.477 e. The smallest absolute Gasteiger partial charge is 0.262 e. The van der Waals surface area contributed by atoms with Crippen molar-refractivity contribution in [3.63, 3.8) is 0 Å². The van der Waals surface area contributed by atoms with Crippen molar-refractivity contribution < 1.29 is 22.7 Å². The Morgan fingerprint density at radius 2 is 1.84 bits per heavy atom. The van der Waals surface area contributed by atoms with Crippen LogP contribution in [0.1, 0.15) is 12.0 Å². The molecule has 1 saturated heterocycles. The number of likely N-dealkylation sites (N-methyl/N-ethyl adjacent to an activating group) is 1. The molecule has 1 fully saturated rings. The van der Waals surface area contributed by atoms with Crippen molar-refractivity contribution in [1.29, 1.82) is 0 Å². The zero-order valence-corrected chi connectivity index (χ0v) is 18.8. The highest BCUT2D eigenvalue weighted by molar-refractivity contribution is 7.91. The van der Waals surface area contributed by atoms with Crippen molar-refractivity contribution in [3.05, 3.63) is 60.2 Å². The van der Waals surface area contributed by atoms with Gasteiger partial charge >= 0.3 is 0 Å². The van der Waals surface area contributed by atoms with Crippen LogP contribution in [-0.4, -0.2) is 68.9 Å². The second-order valence-electron chi connectivity index (χ2n) is 8.13. The molecular formula is C23H27N3O5S. The number of carbonyl (C=O) groups excluding carboxylic acids is 2. The summed E-state index contributed by atoms with van der Waals surface area (Å²) in [6, 6.07) is 16.5. The minimum absolute atomic E-state index is 0.0217. The van der Waals surface area contributed by atoms with E-state index in [-0.39, 0.29) is 42.5 Å². The average molecular weight is 458 g/mol. The molecule has 2 amide bonds. The van der Waals surface area contributed by atoms with Gasteiger partial charge in [0.2, 0.25) is 5.91 Å². The van der Waals surface area contributed by atoms with Crippen molar-refractivity contribution >= 4 is 27.3 Å². The number of hydrogen-bond acceptors (Lipinski definition) is 6. The second-order valence-corrected chi connectivity index (χ2v) is 10.4. The first-order chi connectivity index (χ1) is 15.4. The molecule has 0 saturated carbocycles. The Balaban J connectivity index is 1.58. The molecule has 2 aliphatic heterocycles. The van der Waals surface area contributed by atoms with Gasteiger partial charge in [-0.05, 0) is 24.1 Å². The fourth-order valence-electron chi connectivity index (χ4n) is 4.23.